The second kappa shape index (κ2) is 3.75. The van der Waals surface area contributed by atoms with E-state index in [1.165, 1.54) is 24.4 Å². The molecule has 1 atom stereocenters. The fourth-order valence-corrected chi connectivity index (χ4v) is 3.32. The largest absolute Gasteiger partial charge is 0.382 e. The smallest absolute Gasteiger partial charge is 0.147 e. The first kappa shape index (κ1) is 11.8. The quantitative estimate of drug-likeness (QED) is 0.864. The molecule has 2 N–H and O–H groups in total. The van der Waals surface area contributed by atoms with Gasteiger partial charge in [-0.3, -0.25) is 0 Å². The molecule has 0 spiro atoms. The lowest BCUT2D eigenvalue weighted by atomic mass is 9.98. The average molecular weight is 269 g/mol. The molecule has 0 saturated heterocycles. The van der Waals surface area contributed by atoms with Crippen molar-refractivity contribution in [2.24, 2.45) is 7.05 Å². The van der Waals surface area contributed by atoms with E-state index >= 15 is 0 Å². The van der Waals surface area contributed by atoms with Gasteiger partial charge in [-0.05, 0) is 25.8 Å². The molecular weight excluding hydrogens is 250 g/mol. The highest BCUT2D eigenvalue weighted by atomic mass is 15.2. The molecule has 0 bridgehead atoms. The van der Waals surface area contributed by atoms with Gasteiger partial charge in [0.2, 0.25) is 0 Å². The van der Waals surface area contributed by atoms with Crippen LogP contribution in [0.25, 0.3) is 11.3 Å². The molecule has 1 aliphatic heterocycles. The zero-order chi connectivity index (χ0) is 14.0. The van der Waals surface area contributed by atoms with Crippen molar-refractivity contribution >= 4 is 11.5 Å². The number of nitrogens with two attached hydrogens (primary N) is 1. The maximum Gasteiger partial charge on any atom is 0.147 e. The fraction of sp³-hybridized carbons (Fsp3) is 0.467. The second-order valence-electron chi connectivity index (χ2n) is 5.92. The second-order valence-corrected chi connectivity index (χ2v) is 5.92. The number of aromatic nitrogens is 3. The molecule has 0 aromatic carbocycles. The highest BCUT2D eigenvalue weighted by Crippen LogP contribution is 2.48. The molecule has 2 aliphatic rings. The van der Waals surface area contributed by atoms with Crippen molar-refractivity contribution in [3.05, 3.63) is 23.8 Å². The molecule has 2 aromatic heterocycles. The van der Waals surface area contributed by atoms with Gasteiger partial charge in [0.05, 0.1) is 23.1 Å². The van der Waals surface area contributed by atoms with Gasteiger partial charge in [-0.25, -0.2) is 9.97 Å². The van der Waals surface area contributed by atoms with Crippen LogP contribution < -0.4 is 10.6 Å². The van der Waals surface area contributed by atoms with Crippen LogP contribution in [-0.4, -0.2) is 21.6 Å². The molecule has 0 amide bonds. The summed E-state index contributed by atoms with van der Waals surface area (Å²) in [5.74, 6) is 2.45. The molecular formula is C15H19N5. The molecule has 5 heteroatoms. The van der Waals surface area contributed by atoms with Gasteiger partial charge in [-0.15, -0.1) is 0 Å². The minimum atomic E-state index is 0.258. The first-order valence-electron chi connectivity index (χ1n) is 7.13. The molecule has 5 nitrogen and oxygen atoms in total. The Hall–Kier alpha value is -2.04. The summed E-state index contributed by atoms with van der Waals surface area (Å²) in [5, 5.41) is 0. The van der Waals surface area contributed by atoms with Crippen molar-refractivity contribution in [3.8, 4) is 11.3 Å². The third-order valence-electron chi connectivity index (χ3n) is 4.65. The predicted molar refractivity (Wildman–Crippen MR) is 79.6 cm³/mol. The third-order valence-corrected chi connectivity index (χ3v) is 4.65. The Morgan fingerprint density at radius 3 is 2.75 bits per heavy atom. The van der Waals surface area contributed by atoms with Gasteiger partial charge in [0, 0.05) is 31.8 Å². The topological polar surface area (TPSA) is 60.0 Å². The lowest BCUT2D eigenvalue weighted by Gasteiger charge is -2.34. The highest BCUT2D eigenvalue weighted by molar-refractivity contribution is 5.87. The van der Waals surface area contributed by atoms with Gasteiger partial charge in [0.25, 0.3) is 0 Å². The Balaban J connectivity index is 2.01. The van der Waals surface area contributed by atoms with E-state index in [0.717, 1.165) is 16.9 Å². The summed E-state index contributed by atoms with van der Waals surface area (Å²) in [7, 11) is 4.22. The van der Waals surface area contributed by atoms with Gasteiger partial charge in [0.1, 0.15) is 11.6 Å². The first-order valence-corrected chi connectivity index (χ1v) is 7.13. The molecule has 1 fully saturated rings. The average Bonchev–Trinajstić information content (AvgIpc) is 3.20. The van der Waals surface area contributed by atoms with Crippen molar-refractivity contribution in [1.29, 1.82) is 0 Å². The van der Waals surface area contributed by atoms with E-state index < -0.39 is 0 Å². The summed E-state index contributed by atoms with van der Waals surface area (Å²) in [6, 6.07) is 2.28. The van der Waals surface area contributed by atoms with Crippen LogP contribution in [0.5, 0.6) is 0 Å². The van der Waals surface area contributed by atoms with E-state index in [9.17, 15) is 0 Å². The monoisotopic (exact) mass is 269 g/mol. The van der Waals surface area contributed by atoms with Crippen LogP contribution in [0.4, 0.5) is 11.5 Å². The number of imidazole rings is 1. The molecule has 3 heterocycles. The third kappa shape index (κ3) is 1.38. The van der Waals surface area contributed by atoms with Gasteiger partial charge in [-0.2, -0.15) is 0 Å². The number of fused-ring (bicyclic) bond motifs is 3. The minimum Gasteiger partial charge on any atom is -0.382 e. The summed E-state index contributed by atoms with van der Waals surface area (Å²) in [5.41, 5.74) is 10.6. The van der Waals surface area contributed by atoms with E-state index in [1.807, 2.05) is 6.07 Å². The Morgan fingerprint density at radius 1 is 1.30 bits per heavy atom. The maximum absolute atomic E-state index is 6.08. The number of nitrogens with zero attached hydrogens (tertiary/aromatic N) is 4. The standard InChI is InChI=1S/C15H19N5/c1-8-12-11(18-15(20(12)3)9-4-5-9)10-6-7-17-14(16)13(10)19(8)2/h6-9H,4-5H2,1-3H3,(H2,16,17). The zero-order valence-corrected chi connectivity index (χ0v) is 12.1. The fourth-order valence-electron chi connectivity index (χ4n) is 3.32. The minimum absolute atomic E-state index is 0.258. The number of rotatable bonds is 1. The summed E-state index contributed by atoms with van der Waals surface area (Å²) < 4.78 is 2.29. The van der Waals surface area contributed by atoms with Crippen molar-refractivity contribution in [3.63, 3.8) is 0 Å². The number of nitrogen functional groups attached to an aromatic ring is 1. The van der Waals surface area contributed by atoms with E-state index in [0.29, 0.717) is 11.7 Å². The lowest BCUT2D eigenvalue weighted by molar-refractivity contribution is 0.650. The molecule has 20 heavy (non-hydrogen) atoms. The van der Waals surface area contributed by atoms with E-state index in [4.69, 9.17) is 10.7 Å². The molecule has 1 unspecified atom stereocenters. The normalized spacial score (nSPS) is 20.8. The Labute approximate surface area is 118 Å². The Kier molecular flexibility index (Phi) is 2.20. The van der Waals surface area contributed by atoms with E-state index in [2.05, 4.69) is 35.5 Å². The molecule has 1 saturated carbocycles. The van der Waals surface area contributed by atoms with Crippen LogP contribution in [-0.2, 0) is 7.05 Å². The molecule has 1 aliphatic carbocycles. The van der Waals surface area contributed by atoms with Crippen molar-refractivity contribution in [2.75, 3.05) is 17.7 Å². The van der Waals surface area contributed by atoms with Crippen molar-refractivity contribution in [2.45, 2.75) is 31.7 Å². The molecule has 2 aromatic rings. The highest BCUT2D eigenvalue weighted by Gasteiger charge is 2.36. The van der Waals surface area contributed by atoms with Crippen molar-refractivity contribution < 1.29 is 0 Å². The number of hydrogen-bond donors (Lipinski definition) is 1. The summed E-state index contributed by atoms with van der Waals surface area (Å²) in [4.78, 5) is 11.4. The predicted octanol–water partition coefficient (Wildman–Crippen LogP) is 2.45. The summed E-state index contributed by atoms with van der Waals surface area (Å²) in [6.45, 7) is 2.20. The van der Waals surface area contributed by atoms with Gasteiger partial charge in [0.15, 0.2) is 0 Å². The molecule has 104 valence electrons. The van der Waals surface area contributed by atoms with Crippen LogP contribution in [0.15, 0.2) is 12.3 Å². The van der Waals surface area contributed by atoms with Crippen LogP contribution in [0.2, 0.25) is 0 Å². The number of pyridine rings is 1. The van der Waals surface area contributed by atoms with Crippen LogP contribution in [0.1, 0.15) is 43.2 Å². The van der Waals surface area contributed by atoms with Crippen LogP contribution in [0, 0.1) is 0 Å². The lowest BCUT2D eigenvalue weighted by Crippen LogP contribution is -2.28. The Morgan fingerprint density at radius 2 is 2.05 bits per heavy atom. The summed E-state index contributed by atoms with van der Waals surface area (Å²) in [6.07, 6.45) is 4.30. The van der Waals surface area contributed by atoms with Gasteiger partial charge >= 0.3 is 0 Å². The number of anilines is 2. The SMILES string of the molecule is CC1c2c(nc(C3CC3)n2C)-c2ccnc(N)c2N1C. The molecule has 0 radical (unpaired) electrons. The first-order chi connectivity index (χ1) is 9.59. The van der Waals surface area contributed by atoms with Gasteiger partial charge < -0.3 is 15.2 Å². The van der Waals surface area contributed by atoms with Gasteiger partial charge in [-0.1, -0.05) is 0 Å². The van der Waals surface area contributed by atoms with Crippen LogP contribution in [0.3, 0.4) is 0 Å². The van der Waals surface area contributed by atoms with Crippen molar-refractivity contribution in [1.82, 2.24) is 14.5 Å². The zero-order valence-electron chi connectivity index (χ0n) is 12.1. The van der Waals surface area contributed by atoms with E-state index in [-0.39, 0.29) is 6.04 Å². The Bertz CT molecular complexity index is 699. The van der Waals surface area contributed by atoms with E-state index in [1.54, 1.807) is 6.20 Å². The van der Waals surface area contributed by atoms with Crippen LogP contribution >= 0.6 is 0 Å². The summed E-state index contributed by atoms with van der Waals surface area (Å²) >= 11 is 0. The number of hydrogen-bond acceptors (Lipinski definition) is 4. The molecule has 4 rings (SSSR count). The maximum atomic E-state index is 6.08.